The van der Waals surface area contributed by atoms with E-state index in [1.165, 1.54) is 12.0 Å². The van der Waals surface area contributed by atoms with Gasteiger partial charge < -0.3 is 51.6 Å². The van der Waals surface area contributed by atoms with Gasteiger partial charge in [0.15, 0.2) is 0 Å². The van der Waals surface area contributed by atoms with Gasteiger partial charge in [-0.25, -0.2) is 0 Å². The Labute approximate surface area is 342 Å². The van der Waals surface area contributed by atoms with E-state index in [2.05, 4.69) is 36.9 Å². The summed E-state index contributed by atoms with van der Waals surface area (Å²) >= 11 is 0. The number of aromatic nitrogens is 1. The molecule has 2 aliphatic heterocycles. The number of hydrogen-bond acceptors (Lipinski definition) is 9. The van der Waals surface area contributed by atoms with E-state index >= 15 is 0 Å². The Morgan fingerprint density at radius 1 is 0.831 bits per heavy atom. The number of aromatic amines is 1. The van der Waals surface area contributed by atoms with E-state index in [-0.39, 0.29) is 18.5 Å². The van der Waals surface area contributed by atoms with Crippen LogP contribution >= 0.6 is 0 Å². The van der Waals surface area contributed by atoms with Gasteiger partial charge in [-0.15, -0.1) is 0 Å². The molecule has 0 bridgehead atoms. The number of benzene rings is 2. The van der Waals surface area contributed by atoms with Gasteiger partial charge in [-0.05, 0) is 73.9 Å². The molecule has 2 fully saturated rings. The largest absolute Gasteiger partial charge is 0.496 e. The molecule has 3 aromatic rings. The number of carbonyl (C=O) groups is 7. The van der Waals surface area contributed by atoms with Gasteiger partial charge >= 0.3 is 0 Å². The first kappa shape index (κ1) is 43.9. The number of amides is 7. The Kier molecular flexibility index (Phi) is 14.8. The number of nitrogens with zero attached hydrogens (tertiary/aromatic N) is 1. The van der Waals surface area contributed by atoms with Crippen molar-refractivity contribution in [3.63, 3.8) is 0 Å². The molecular weight excluding hydrogens is 761 g/mol. The van der Waals surface area contributed by atoms with Crippen molar-refractivity contribution < 1.29 is 43.4 Å². The van der Waals surface area contributed by atoms with E-state index in [4.69, 9.17) is 4.74 Å². The molecule has 0 aliphatic carbocycles. The molecule has 2 aliphatic rings. The van der Waals surface area contributed by atoms with Gasteiger partial charge in [0, 0.05) is 30.1 Å². The predicted molar refractivity (Wildman–Crippen MR) is 217 cm³/mol. The second-order valence-electron chi connectivity index (χ2n) is 15.4. The predicted octanol–water partition coefficient (Wildman–Crippen LogP) is 0.425. The van der Waals surface area contributed by atoms with E-state index < -0.39 is 97.2 Å². The molecule has 0 spiro atoms. The molecule has 3 heterocycles. The van der Waals surface area contributed by atoms with Crippen LogP contribution in [0.15, 0.2) is 60.3 Å². The number of rotatable bonds is 8. The Hall–Kier alpha value is -6.23. The van der Waals surface area contributed by atoms with Crippen molar-refractivity contribution in [3.8, 4) is 5.75 Å². The van der Waals surface area contributed by atoms with E-state index in [0.29, 0.717) is 30.6 Å². The fourth-order valence-corrected chi connectivity index (χ4v) is 7.23. The second-order valence-corrected chi connectivity index (χ2v) is 15.4. The summed E-state index contributed by atoms with van der Waals surface area (Å²) in [6.07, 6.45) is 3.37. The summed E-state index contributed by atoms with van der Waals surface area (Å²) in [5.74, 6) is -4.91. The average Bonchev–Trinajstić information content (AvgIpc) is 3.88. The first-order valence-electron chi connectivity index (χ1n) is 19.7. The smallest absolute Gasteiger partial charge is 0.246 e. The number of carbonyl (C=O) groups excluding carboxylic acids is 7. The van der Waals surface area contributed by atoms with Gasteiger partial charge in [0.1, 0.15) is 36.0 Å². The lowest BCUT2D eigenvalue weighted by molar-refractivity contribution is -0.141. The number of H-pyrrole nitrogens is 1. The van der Waals surface area contributed by atoms with Crippen molar-refractivity contribution in [3.05, 3.63) is 77.0 Å². The van der Waals surface area contributed by atoms with Crippen molar-refractivity contribution >= 4 is 52.3 Å². The molecule has 5 atom stereocenters. The van der Waals surface area contributed by atoms with Crippen LogP contribution in [0.1, 0.15) is 63.3 Å². The molecule has 0 radical (unpaired) electrons. The molecule has 2 aromatic carbocycles. The maximum atomic E-state index is 14.3. The molecule has 7 amide bonds. The molecule has 316 valence electrons. The quantitative estimate of drug-likeness (QED) is 0.147. The minimum atomic E-state index is -1.65. The van der Waals surface area contributed by atoms with Crippen LogP contribution in [0.25, 0.3) is 10.9 Å². The van der Waals surface area contributed by atoms with Crippen LogP contribution in [-0.2, 0) is 46.4 Å². The number of fused-ring (bicyclic) bond motifs is 2. The van der Waals surface area contributed by atoms with Crippen LogP contribution in [0.4, 0.5) is 0 Å². The lowest BCUT2D eigenvalue weighted by atomic mass is 9.97. The molecule has 17 nitrogen and oxygen atoms in total. The molecule has 17 heteroatoms. The fraction of sp³-hybridized carbons (Fsp3) is 0.452. The van der Waals surface area contributed by atoms with Gasteiger partial charge in [-0.2, -0.15) is 0 Å². The Morgan fingerprint density at radius 3 is 2.12 bits per heavy atom. The molecule has 0 saturated carbocycles. The van der Waals surface area contributed by atoms with Crippen LogP contribution in [0.5, 0.6) is 5.75 Å². The number of nitrogens with one attached hydrogen (secondary N) is 7. The van der Waals surface area contributed by atoms with Crippen molar-refractivity contribution in [1.29, 1.82) is 0 Å². The zero-order valence-corrected chi connectivity index (χ0v) is 34.0. The van der Waals surface area contributed by atoms with Crippen LogP contribution in [-0.4, -0.2) is 114 Å². The third-order valence-electron chi connectivity index (χ3n) is 10.4. The molecule has 2 saturated heterocycles. The number of aliphatic hydroxyl groups excluding tert-OH is 1. The van der Waals surface area contributed by atoms with E-state index in [1.54, 1.807) is 38.2 Å². The van der Waals surface area contributed by atoms with Gasteiger partial charge in [0.2, 0.25) is 41.4 Å². The first-order valence-corrected chi connectivity index (χ1v) is 19.7. The normalized spacial score (nSPS) is 22.2. The topological polar surface area (TPSA) is 240 Å². The highest BCUT2D eigenvalue weighted by Gasteiger charge is 2.39. The highest BCUT2D eigenvalue weighted by molar-refractivity contribution is 5.97. The van der Waals surface area contributed by atoms with Crippen molar-refractivity contribution in [2.24, 2.45) is 5.92 Å². The van der Waals surface area contributed by atoms with E-state index in [0.717, 1.165) is 22.0 Å². The maximum Gasteiger partial charge on any atom is 0.246 e. The van der Waals surface area contributed by atoms with Crippen LogP contribution in [0.3, 0.4) is 0 Å². The molecule has 8 N–H and O–H groups in total. The molecule has 1 aromatic heterocycles. The monoisotopic (exact) mass is 814 g/mol. The van der Waals surface area contributed by atoms with Crippen LogP contribution < -0.4 is 36.6 Å². The maximum absolute atomic E-state index is 14.3. The number of allylic oxidation sites excluding steroid dienone is 2. The Bertz CT molecular complexity index is 2090. The number of methoxy groups -OCH3 is 1. The SMILES string of the molecule is COc1ccc(C(O)[C@@H]2NC(=O)CNC(=O)[C@H](C(C)C)NC(=O)CNC(=O)[C@@H]3CCCN3C(=O)[C@H](Cc3c[nH]c4ccccc34)NC(=O)CNC2=O)cc1CC=C(C)C. The summed E-state index contributed by atoms with van der Waals surface area (Å²) in [4.78, 5) is 99.4. The highest BCUT2D eigenvalue weighted by Crippen LogP contribution is 2.27. The summed E-state index contributed by atoms with van der Waals surface area (Å²) in [6.45, 7) is 5.70. The van der Waals surface area contributed by atoms with Crippen LogP contribution in [0.2, 0.25) is 0 Å². The van der Waals surface area contributed by atoms with E-state index in [9.17, 15) is 38.7 Å². The lowest BCUT2D eigenvalue weighted by Gasteiger charge is -2.29. The number of ether oxygens (including phenoxy) is 1. The summed E-state index contributed by atoms with van der Waals surface area (Å²) < 4.78 is 5.50. The molecular formula is C42H54N8O9. The third-order valence-corrected chi connectivity index (χ3v) is 10.4. The Balaban J connectivity index is 1.46. The minimum Gasteiger partial charge on any atom is -0.496 e. The minimum absolute atomic E-state index is 0.0390. The zero-order chi connectivity index (χ0) is 42.8. The van der Waals surface area contributed by atoms with Crippen molar-refractivity contribution in [2.75, 3.05) is 33.3 Å². The van der Waals surface area contributed by atoms with Crippen LogP contribution in [0, 0.1) is 5.92 Å². The second kappa shape index (κ2) is 20.0. The average molecular weight is 815 g/mol. The molecule has 1 unspecified atom stereocenters. The third kappa shape index (κ3) is 11.2. The summed E-state index contributed by atoms with van der Waals surface area (Å²) in [5.41, 5.74) is 3.56. The molecule has 59 heavy (non-hydrogen) atoms. The first-order chi connectivity index (χ1) is 28.2. The van der Waals surface area contributed by atoms with E-state index in [1.807, 2.05) is 44.2 Å². The molecule has 5 rings (SSSR count). The van der Waals surface area contributed by atoms with Gasteiger partial charge in [0.25, 0.3) is 0 Å². The number of hydrogen-bond donors (Lipinski definition) is 8. The highest BCUT2D eigenvalue weighted by atomic mass is 16.5. The fourth-order valence-electron chi connectivity index (χ4n) is 7.23. The van der Waals surface area contributed by atoms with Crippen molar-refractivity contribution in [1.82, 2.24) is 41.8 Å². The van der Waals surface area contributed by atoms with Gasteiger partial charge in [-0.1, -0.05) is 49.8 Å². The van der Waals surface area contributed by atoms with Gasteiger partial charge in [-0.3, -0.25) is 33.6 Å². The standard InChI is InChI=1S/C42H54N8O9/c1-23(2)12-13-25-17-26(14-15-32(25)59-5)38(54)37-41(57)46-20-33(51)47-30(18-27-19-43-29-10-7-6-9-28(27)29)42(58)50-16-8-11-31(50)39(55)44-21-34(52)48-36(24(3)4)40(56)45-22-35(53)49-37/h6-7,9-10,12,14-15,17,19,24,30-31,36-38,43,54H,8,11,13,16,18,20-22H2,1-5H3,(H,44,55)(H,45,56)(H,46,57)(H,47,51)(H,48,52)(H,49,53)/t30-,31-,36-,37-,38?/m0/s1. The lowest BCUT2D eigenvalue weighted by Crippen LogP contribution is -2.56. The zero-order valence-electron chi connectivity index (χ0n) is 34.0. The summed E-state index contributed by atoms with van der Waals surface area (Å²) in [5, 5.41) is 27.8. The number of aliphatic hydroxyl groups is 1. The summed E-state index contributed by atoms with van der Waals surface area (Å²) in [6, 6.07) is 7.41. The summed E-state index contributed by atoms with van der Waals surface area (Å²) in [7, 11) is 1.51. The number of para-hydroxylation sites is 1. The van der Waals surface area contributed by atoms with Crippen molar-refractivity contribution in [2.45, 2.75) is 83.6 Å². The van der Waals surface area contributed by atoms with Gasteiger partial charge in [0.05, 0.1) is 26.7 Å². The Morgan fingerprint density at radius 2 is 1.46 bits per heavy atom.